The second-order valence-electron chi connectivity index (χ2n) is 4.85. The summed E-state index contributed by atoms with van der Waals surface area (Å²) in [5, 5.41) is 10.6. The van der Waals surface area contributed by atoms with E-state index in [1.165, 1.54) is 5.06 Å². The van der Waals surface area contributed by atoms with Crippen molar-refractivity contribution in [1.82, 2.24) is 5.06 Å². The molecule has 0 fully saturated rings. The maximum Gasteiger partial charge on any atom is 0.119 e. The highest BCUT2D eigenvalue weighted by Gasteiger charge is 2.08. The van der Waals surface area contributed by atoms with Crippen LogP contribution in [0.3, 0.4) is 0 Å². The van der Waals surface area contributed by atoms with Gasteiger partial charge in [-0.2, -0.15) is 5.06 Å². The van der Waals surface area contributed by atoms with E-state index in [1.54, 1.807) is 7.05 Å². The Balaban J connectivity index is 2.50. The molecular formula is C14H23NO2. The number of hydrogen-bond donors (Lipinski definition) is 1. The first-order valence-electron chi connectivity index (χ1n) is 6.15. The highest BCUT2D eigenvalue weighted by atomic mass is 16.5. The Kier molecular flexibility index (Phi) is 5.45. The Morgan fingerprint density at radius 2 is 1.76 bits per heavy atom. The molecule has 0 heterocycles. The van der Waals surface area contributed by atoms with Gasteiger partial charge in [-0.1, -0.05) is 26.0 Å². The van der Waals surface area contributed by atoms with Crippen LogP contribution in [0.1, 0.15) is 38.8 Å². The third kappa shape index (κ3) is 4.75. The van der Waals surface area contributed by atoms with Gasteiger partial charge in [0, 0.05) is 7.05 Å². The molecule has 1 aromatic carbocycles. The smallest absolute Gasteiger partial charge is 0.119 e. The van der Waals surface area contributed by atoms with E-state index in [4.69, 9.17) is 4.74 Å². The number of hydrogen-bond acceptors (Lipinski definition) is 3. The van der Waals surface area contributed by atoms with E-state index in [0.717, 1.165) is 24.3 Å². The molecule has 1 N–H and O–H groups in total. The van der Waals surface area contributed by atoms with Crippen LogP contribution in [0.15, 0.2) is 24.3 Å². The quantitative estimate of drug-likeness (QED) is 0.769. The van der Waals surface area contributed by atoms with Crippen LogP contribution in [0, 0.1) is 5.92 Å². The number of nitrogens with zero attached hydrogens (tertiary/aromatic N) is 1. The lowest BCUT2D eigenvalue weighted by atomic mass is 10.1. The number of rotatable bonds is 6. The van der Waals surface area contributed by atoms with E-state index in [2.05, 4.69) is 13.8 Å². The van der Waals surface area contributed by atoms with E-state index < -0.39 is 0 Å². The van der Waals surface area contributed by atoms with Crippen LogP contribution in [0.4, 0.5) is 0 Å². The van der Waals surface area contributed by atoms with Gasteiger partial charge in [0.25, 0.3) is 0 Å². The molecule has 1 atom stereocenters. The molecule has 0 aliphatic carbocycles. The molecule has 0 spiro atoms. The largest absolute Gasteiger partial charge is 0.494 e. The first-order valence-corrected chi connectivity index (χ1v) is 6.15. The molecule has 1 rings (SSSR count). The first kappa shape index (κ1) is 14.0. The predicted molar refractivity (Wildman–Crippen MR) is 69.4 cm³/mol. The Morgan fingerprint density at radius 3 is 2.24 bits per heavy atom. The van der Waals surface area contributed by atoms with Gasteiger partial charge >= 0.3 is 0 Å². The molecule has 0 saturated heterocycles. The van der Waals surface area contributed by atoms with E-state index in [0.29, 0.717) is 5.92 Å². The molecule has 0 aliphatic rings. The summed E-state index contributed by atoms with van der Waals surface area (Å²) in [6, 6.07) is 7.88. The Morgan fingerprint density at radius 1 is 1.18 bits per heavy atom. The summed E-state index contributed by atoms with van der Waals surface area (Å²) >= 11 is 0. The van der Waals surface area contributed by atoms with Gasteiger partial charge in [-0.15, -0.1) is 0 Å². The molecule has 17 heavy (non-hydrogen) atoms. The summed E-state index contributed by atoms with van der Waals surface area (Å²) in [6.07, 6.45) is 1.07. The topological polar surface area (TPSA) is 32.7 Å². The van der Waals surface area contributed by atoms with Crippen molar-refractivity contribution in [3.05, 3.63) is 29.8 Å². The number of benzene rings is 1. The molecule has 0 aliphatic heterocycles. The molecule has 1 aromatic rings. The summed E-state index contributed by atoms with van der Waals surface area (Å²) < 4.78 is 5.64. The summed E-state index contributed by atoms with van der Waals surface area (Å²) in [4.78, 5) is 0. The molecule has 0 bridgehead atoms. The second-order valence-corrected chi connectivity index (χ2v) is 4.85. The summed E-state index contributed by atoms with van der Waals surface area (Å²) in [5.41, 5.74) is 1.08. The number of ether oxygens (including phenoxy) is 1. The van der Waals surface area contributed by atoms with Crippen molar-refractivity contribution in [3.63, 3.8) is 0 Å². The fourth-order valence-electron chi connectivity index (χ4n) is 1.47. The third-order valence-electron chi connectivity index (χ3n) is 2.89. The minimum absolute atomic E-state index is 0.000265. The van der Waals surface area contributed by atoms with Gasteiger partial charge in [0.15, 0.2) is 0 Å². The van der Waals surface area contributed by atoms with Gasteiger partial charge in [0.1, 0.15) is 5.75 Å². The third-order valence-corrected chi connectivity index (χ3v) is 2.89. The Bertz CT molecular complexity index is 319. The van der Waals surface area contributed by atoms with Crippen LogP contribution in [0.25, 0.3) is 0 Å². The van der Waals surface area contributed by atoms with Crippen LogP contribution >= 0.6 is 0 Å². The maximum atomic E-state index is 9.35. The fourth-order valence-corrected chi connectivity index (χ4v) is 1.47. The molecule has 0 amide bonds. The van der Waals surface area contributed by atoms with Gasteiger partial charge < -0.3 is 9.94 Å². The van der Waals surface area contributed by atoms with Crippen LogP contribution in [-0.4, -0.2) is 23.9 Å². The fraction of sp³-hybridized carbons (Fsp3) is 0.571. The lowest BCUT2D eigenvalue weighted by Crippen LogP contribution is -2.17. The van der Waals surface area contributed by atoms with Crippen LogP contribution in [0.5, 0.6) is 5.75 Å². The van der Waals surface area contributed by atoms with Crippen LogP contribution < -0.4 is 4.74 Å². The van der Waals surface area contributed by atoms with Crippen molar-refractivity contribution < 1.29 is 9.94 Å². The highest BCUT2D eigenvalue weighted by Crippen LogP contribution is 2.20. The van der Waals surface area contributed by atoms with Crippen molar-refractivity contribution in [2.24, 2.45) is 5.92 Å². The van der Waals surface area contributed by atoms with Gasteiger partial charge in [-0.25, -0.2) is 0 Å². The molecule has 3 nitrogen and oxygen atoms in total. The minimum atomic E-state index is -0.000265. The summed E-state index contributed by atoms with van der Waals surface area (Å²) in [6.45, 7) is 7.08. The molecule has 0 radical (unpaired) electrons. The van der Waals surface area contributed by atoms with Crippen LogP contribution in [-0.2, 0) is 0 Å². The van der Waals surface area contributed by atoms with Gasteiger partial charge in [-0.05, 0) is 37.0 Å². The summed E-state index contributed by atoms with van der Waals surface area (Å²) in [5.74, 6) is 1.56. The predicted octanol–water partition coefficient (Wildman–Crippen LogP) is 3.49. The van der Waals surface area contributed by atoms with E-state index >= 15 is 0 Å². The first-order chi connectivity index (χ1) is 8.00. The van der Waals surface area contributed by atoms with E-state index in [-0.39, 0.29) is 6.04 Å². The molecule has 1 unspecified atom stereocenters. The van der Waals surface area contributed by atoms with Crippen molar-refractivity contribution in [1.29, 1.82) is 0 Å². The van der Waals surface area contributed by atoms with E-state index in [1.807, 2.05) is 31.2 Å². The average molecular weight is 237 g/mol. The molecule has 3 heteroatoms. The number of hydroxylamine groups is 2. The van der Waals surface area contributed by atoms with Gasteiger partial charge in [0.2, 0.25) is 0 Å². The van der Waals surface area contributed by atoms with Gasteiger partial charge in [-0.3, -0.25) is 0 Å². The Hall–Kier alpha value is -1.06. The Labute approximate surface area is 104 Å². The second kappa shape index (κ2) is 6.62. The van der Waals surface area contributed by atoms with Crippen molar-refractivity contribution in [2.45, 2.75) is 33.2 Å². The van der Waals surface area contributed by atoms with E-state index in [9.17, 15) is 5.21 Å². The lowest BCUT2D eigenvalue weighted by Gasteiger charge is -2.18. The average Bonchev–Trinajstić information content (AvgIpc) is 2.28. The van der Waals surface area contributed by atoms with Crippen LogP contribution in [0.2, 0.25) is 0 Å². The van der Waals surface area contributed by atoms with Crippen molar-refractivity contribution >= 4 is 0 Å². The van der Waals surface area contributed by atoms with Gasteiger partial charge in [0.05, 0.1) is 12.6 Å². The molecular weight excluding hydrogens is 214 g/mol. The zero-order chi connectivity index (χ0) is 12.8. The SMILES string of the molecule is CC(C)CCOc1ccc(C(C)N(C)O)cc1. The van der Waals surface area contributed by atoms with Crippen molar-refractivity contribution in [3.8, 4) is 5.75 Å². The highest BCUT2D eigenvalue weighted by molar-refractivity contribution is 5.28. The maximum absolute atomic E-state index is 9.35. The normalized spacial score (nSPS) is 13.1. The van der Waals surface area contributed by atoms with Crippen molar-refractivity contribution in [2.75, 3.05) is 13.7 Å². The zero-order valence-corrected chi connectivity index (χ0v) is 11.2. The molecule has 0 aromatic heterocycles. The molecule has 0 saturated carbocycles. The lowest BCUT2D eigenvalue weighted by molar-refractivity contribution is -0.0984. The zero-order valence-electron chi connectivity index (χ0n) is 11.2. The summed E-state index contributed by atoms with van der Waals surface area (Å²) in [7, 11) is 1.65. The standard InChI is InChI=1S/C14H23NO2/c1-11(2)9-10-17-14-7-5-13(6-8-14)12(3)15(4)16/h5-8,11-12,16H,9-10H2,1-4H3. The monoisotopic (exact) mass is 237 g/mol. The molecule has 96 valence electrons. The minimum Gasteiger partial charge on any atom is -0.494 e.